The van der Waals surface area contributed by atoms with Crippen molar-refractivity contribution < 1.29 is 14.3 Å². The summed E-state index contributed by atoms with van der Waals surface area (Å²) in [6.07, 6.45) is 0.819. The zero-order valence-corrected chi connectivity index (χ0v) is 12.6. The number of ether oxygens (including phenoxy) is 1. The summed E-state index contributed by atoms with van der Waals surface area (Å²) in [5.74, 6) is 0.979. The Kier molecular flexibility index (Phi) is 2.61. The van der Waals surface area contributed by atoms with E-state index < -0.39 is 5.54 Å². The van der Waals surface area contributed by atoms with Crippen LogP contribution >= 0.6 is 0 Å². The molecule has 1 aliphatic heterocycles. The first kappa shape index (κ1) is 13.3. The molecule has 0 spiro atoms. The van der Waals surface area contributed by atoms with Gasteiger partial charge in [0.2, 0.25) is 5.91 Å². The molecule has 2 atom stereocenters. The third kappa shape index (κ3) is 1.70. The van der Waals surface area contributed by atoms with E-state index in [4.69, 9.17) is 4.74 Å². The molecule has 4 nitrogen and oxygen atoms in total. The molecule has 1 N–H and O–H groups in total. The van der Waals surface area contributed by atoms with Gasteiger partial charge in [0.25, 0.3) is 0 Å². The van der Waals surface area contributed by atoms with Crippen molar-refractivity contribution in [1.82, 2.24) is 5.32 Å². The first-order chi connectivity index (χ1) is 10.5. The summed E-state index contributed by atoms with van der Waals surface area (Å²) >= 11 is 0. The summed E-state index contributed by atoms with van der Waals surface area (Å²) in [6, 6.07) is 9.77. The molecule has 1 aliphatic carbocycles. The van der Waals surface area contributed by atoms with Crippen molar-refractivity contribution in [3.8, 4) is 5.75 Å². The largest absolute Gasteiger partial charge is 0.497 e. The molecule has 4 rings (SSSR count). The van der Waals surface area contributed by atoms with Gasteiger partial charge in [0.05, 0.1) is 12.6 Å². The summed E-state index contributed by atoms with van der Waals surface area (Å²) in [5.41, 5.74) is 1.33. The van der Waals surface area contributed by atoms with Gasteiger partial charge in [0.1, 0.15) is 5.75 Å². The number of rotatable bonds is 1. The fourth-order valence-corrected chi connectivity index (χ4v) is 3.96. The third-order valence-electron chi connectivity index (χ3n) is 5.02. The molecular formula is C18H17NO3. The number of nitrogens with one attached hydrogen (secondary N) is 1. The number of carbonyl (C=O) groups is 2. The molecule has 0 aromatic heterocycles. The molecule has 1 fully saturated rings. The number of hydrogen-bond donors (Lipinski definition) is 1. The molecule has 1 heterocycles. The minimum atomic E-state index is -0.443. The lowest BCUT2D eigenvalue weighted by molar-refractivity contribution is -0.119. The zero-order chi connectivity index (χ0) is 15.5. The average Bonchev–Trinajstić information content (AvgIpc) is 2.80. The Hall–Kier alpha value is -2.36. The summed E-state index contributed by atoms with van der Waals surface area (Å²) in [6.45, 7) is 1.97. The standard InChI is InChI=1S/C18H17NO3/c1-18-9-15(20)17-12-6-4-11(22-2)7-10(12)3-5-13(17)14(18)8-16(21)19-18/h3-7,14H,8-9H2,1-2H3,(H,19,21). The van der Waals surface area contributed by atoms with Gasteiger partial charge in [-0.15, -0.1) is 0 Å². The van der Waals surface area contributed by atoms with E-state index in [1.54, 1.807) is 7.11 Å². The Balaban J connectivity index is 1.97. The van der Waals surface area contributed by atoms with E-state index in [1.807, 2.05) is 37.3 Å². The minimum absolute atomic E-state index is 0.0305. The Morgan fingerprint density at radius 1 is 1.23 bits per heavy atom. The minimum Gasteiger partial charge on any atom is -0.497 e. The molecule has 4 heteroatoms. The van der Waals surface area contributed by atoms with E-state index in [2.05, 4.69) is 5.32 Å². The van der Waals surface area contributed by atoms with Crippen LogP contribution in [0.15, 0.2) is 30.3 Å². The van der Waals surface area contributed by atoms with Gasteiger partial charge in [-0.25, -0.2) is 0 Å². The number of methoxy groups -OCH3 is 1. The van der Waals surface area contributed by atoms with Gasteiger partial charge >= 0.3 is 0 Å². The smallest absolute Gasteiger partial charge is 0.221 e. The summed E-state index contributed by atoms with van der Waals surface area (Å²) in [7, 11) is 1.63. The monoisotopic (exact) mass is 295 g/mol. The van der Waals surface area contributed by atoms with Crippen molar-refractivity contribution in [2.45, 2.75) is 31.2 Å². The van der Waals surface area contributed by atoms with Crippen molar-refractivity contribution in [3.05, 3.63) is 41.5 Å². The summed E-state index contributed by atoms with van der Waals surface area (Å²) in [4.78, 5) is 24.6. The Morgan fingerprint density at radius 3 is 2.82 bits per heavy atom. The van der Waals surface area contributed by atoms with Crippen LogP contribution in [-0.2, 0) is 4.79 Å². The molecule has 0 radical (unpaired) electrons. The Morgan fingerprint density at radius 2 is 2.05 bits per heavy atom. The highest BCUT2D eigenvalue weighted by atomic mass is 16.5. The summed E-state index contributed by atoms with van der Waals surface area (Å²) in [5, 5.41) is 4.93. The lowest BCUT2D eigenvalue weighted by Gasteiger charge is -2.36. The number of Topliss-reactive ketones (excluding diaryl/α,β-unsaturated/α-hetero) is 1. The third-order valence-corrected chi connectivity index (χ3v) is 5.02. The molecule has 2 unspecified atom stereocenters. The predicted octanol–water partition coefficient (Wildman–Crippen LogP) is 2.80. The van der Waals surface area contributed by atoms with Crippen molar-refractivity contribution in [3.63, 3.8) is 0 Å². The quantitative estimate of drug-likeness (QED) is 0.880. The number of amides is 1. The number of carbonyl (C=O) groups excluding carboxylic acids is 2. The first-order valence-corrected chi connectivity index (χ1v) is 7.47. The van der Waals surface area contributed by atoms with Gasteiger partial charge in [-0.3, -0.25) is 9.59 Å². The topological polar surface area (TPSA) is 55.4 Å². The summed E-state index contributed by atoms with van der Waals surface area (Å²) < 4.78 is 5.25. The van der Waals surface area contributed by atoms with Crippen LogP contribution in [-0.4, -0.2) is 24.3 Å². The highest BCUT2D eigenvalue weighted by Crippen LogP contribution is 2.46. The van der Waals surface area contributed by atoms with Crippen LogP contribution in [0, 0.1) is 0 Å². The Bertz CT molecular complexity index is 826. The highest BCUT2D eigenvalue weighted by Gasteiger charge is 2.49. The second-order valence-corrected chi connectivity index (χ2v) is 6.44. The molecule has 2 aromatic carbocycles. The van der Waals surface area contributed by atoms with Gasteiger partial charge in [-0.05, 0) is 41.5 Å². The maximum Gasteiger partial charge on any atom is 0.221 e. The van der Waals surface area contributed by atoms with Crippen LogP contribution in [0.5, 0.6) is 5.75 Å². The van der Waals surface area contributed by atoms with Crippen molar-refractivity contribution >= 4 is 22.5 Å². The first-order valence-electron chi connectivity index (χ1n) is 7.47. The average molecular weight is 295 g/mol. The van der Waals surface area contributed by atoms with Gasteiger partial charge in [-0.1, -0.05) is 12.1 Å². The van der Waals surface area contributed by atoms with E-state index in [0.29, 0.717) is 12.8 Å². The van der Waals surface area contributed by atoms with Crippen LogP contribution in [0.2, 0.25) is 0 Å². The number of ketones is 1. The number of benzene rings is 2. The lowest BCUT2D eigenvalue weighted by Crippen LogP contribution is -2.46. The second-order valence-electron chi connectivity index (χ2n) is 6.44. The molecule has 0 bridgehead atoms. The molecule has 112 valence electrons. The number of fused-ring (bicyclic) bond motifs is 5. The number of hydrogen-bond acceptors (Lipinski definition) is 3. The maximum absolute atomic E-state index is 12.7. The molecular weight excluding hydrogens is 278 g/mol. The fraction of sp³-hybridized carbons (Fsp3) is 0.333. The van der Waals surface area contributed by atoms with Gasteiger partial charge in [0, 0.05) is 24.3 Å². The molecule has 22 heavy (non-hydrogen) atoms. The highest BCUT2D eigenvalue weighted by molar-refractivity contribution is 6.12. The van der Waals surface area contributed by atoms with E-state index in [1.165, 1.54) is 0 Å². The fourth-order valence-electron chi connectivity index (χ4n) is 3.96. The van der Waals surface area contributed by atoms with Crippen LogP contribution < -0.4 is 10.1 Å². The van der Waals surface area contributed by atoms with E-state index in [-0.39, 0.29) is 17.6 Å². The van der Waals surface area contributed by atoms with Crippen molar-refractivity contribution in [2.75, 3.05) is 7.11 Å². The van der Waals surface area contributed by atoms with Gasteiger partial charge < -0.3 is 10.1 Å². The van der Waals surface area contributed by atoms with Gasteiger partial charge in [-0.2, -0.15) is 0 Å². The molecule has 1 saturated heterocycles. The molecule has 2 aliphatic rings. The molecule has 1 amide bonds. The predicted molar refractivity (Wildman–Crippen MR) is 83.4 cm³/mol. The van der Waals surface area contributed by atoms with E-state index in [0.717, 1.165) is 27.6 Å². The lowest BCUT2D eigenvalue weighted by atomic mass is 9.70. The van der Waals surface area contributed by atoms with Crippen LogP contribution in [0.25, 0.3) is 10.8 Å². The zero-order valence-electron chi connectivity index (χ0n) is 12.6. The van der Waals surface area contributed by atoms with Gasteiger partial charge in [0.15, 0.2) is 5.78 Å². The van der Waals surface area contributed by atoms with Crippen LogP contribution in [0.3, 0.4) is 0 Å². The second kappa shape index (κ2) is 4.32. The Labute approximate surface area is 128 Å². The van der Waals surface area contributed by atoms with E-state index >= 15 is 0 Å². The van der Waals surface area contributed by atoms with Crippen molar-refractivity contribution in [1.29, 1.82) is 0 Å². The van der Waals surface area contributed by atoms with E-state index in [9.17, 15) is 9.59 Å². The van der Waals surface area contributed by atoms with Crippen LogP contribution in [0.1, 0.15) is 41.6 Å². The maximum atomic E-state index is 12.7. The van der Waals surface area contributed by atoms with Crippen LogP contribution in [0.4, 0.5) is 0 Å². The van der Waals surface area contributed by atoms with Crippen molar-refractivity contribution in [2.24, 2.45) is 0 Å². The SMILES string of the molecule is COc1ccc2c3c(ccc2c1)C1CC(=O)NC1(C)CC3=O. The molecule has 0 saturated carbocycles. The normalized spacial score (nSPS) is 26.5. The molecule has 2 aromatic rings.